The van der Waals surface area contributed by atoms with Crippen LogP contribution in [-0.4, -0.2) is 22.6 Å². The molecule has 1 aromatic heterocycles. The van der Waals surface area contributed by atoms with Crippen molar-refractivity contribution in [1.29, 1.82) is 0 Å². The minimum absolute atomic E-state index is 0.0748. The molecule has 2 aromatic rings. The number of amides is 2. The number of halogens is 2. The average Bonchev–Trinajstić information content (AvgIpc) is 2.52. The zero-order valence-corrected chi connectivity index (χ0v) is 14.4. The van der Waals surface area contributed by atoms with E-state index in [0.717, 1.165) is 0 Å². The summed E-state index contributed by atoms with van der Waals surface area (Å²) in [5.41, 5.74) is 0.595. The molecule has 0 aliphatic heterocycles. The molecule has 2 amide bonds. The quantitative estimate of drug-likeness (QED) is 0.852. The van der Waals surface area contributed by atoms with E-state index in [2.05, 4.69) is 15.6 Å². The molecule has 1 aliphatic rings. The number of nitrogens with zero attached hydrogens (tertiary/aromatic N) is 1. The summed E-state index contributed by atoms with van der Waals surface area (Å²) in [6, 6.07) is 7.87. The maximum atomic E-state index is 12.4. The first-order valence-electron chi connectivity index (χ1n) is 7.48. The SMILES string of the molecule is O=C1CC(C(=O)Nc2cc(NC(=O)c3c(Cl)cccc3Cl)ccn2)C1. The van der Waals surface area contributed by atoms with Crippen LogP contribution in [0.2, 0.25) is 10.0 Å². The highest BCUT2D eigenvalue weighted by molar-refractivity contribution is 6.40. The van der Waals surface area contributed by atoms with Gasteiger partial charge in [0.2, 0.25) is 5.91 Å². The molecule has 1 fully saturated rings. The van der Waals surface area contributed by atoms with Crippen LogP contribution in [0.15, 0.2) is 36.5 Å². The third kappa shape index (κ3) is 3.97. The number of Topliss-reactive ketones (excluding diaryl/α,β-unsaturated/α-hetero) is 1. The van der Waals surface area contributed by atoms with Crippen LogP contribution in [0.1, 0.15) is 23.2 Å². The van der Waals surface area contributed by atoms with Gasteiger partial charge in [-0.05, 0) is 18.2 Å². The number of nitrogens with one attached hydrogen (secondary N) is 2. The molecule has 0 radical (unpaired) electrons. The molecule has 1 saturated carbocycles. The van der Waals surface area contributed by atoms with E-state index in [-0.39, 0.29) is 51.9 Å². The van der Waals surface area contributed by atoms with Gasteiger partial charge in [0.15, 0.2) is 0 Å². The van der Waals surface area contributed by atoms with Gasteiger partial charge in [-0.15, -0.1) is 0 Å². The van der Waals surface area contributed by atoms with E-state index in [4.69, 9.17) is 23.2 Å². The Morgan fingerprint density at radius 1 is 1.08 bits per heavy atom. The standard InChI is InChI=1S/C17H13Cl2N3O3/c18-12-2-1-3-13(19)15(12)17(25)21-10-4-5-20-14(8-10)22-16(24)9-6-11(23)7-9/h1-5,8-9H,6-7H2,(H2,20,21,22,24,25). The predicted molar refractivity (Wildman–Crippen MR) is 95.0 cm³/mol. The smallest absolute Gasteiger partial charge is 0.258 e. The second-order valence-corrected chi connectivity index (χ2v) is 6.43. The van der Waals surface area contributed by atoms with E-state index in [0.29, 0.717) is 5.69 Å². The molecular weight excluding hydrogens is 365 g/mol. The molecule has 1 aliphatic carbocycles. The maximum Gasteiger partial charge on any atom is 0.258 e. The minimum atomic E-state index is -0.469. The van der Waals surface area contributed by atoms with Gasteiger partial charge in [0.1, 0.15) is 11.6 Å². The predicted octanol–water partition coefficient (Wildman–Crippen LogP) is 3.56. The highest BCUT2D eigenvalue weighted by Crippen LogP contribution is 2.26. The molecule has 0 atom stereocenters. The van der Waals surface area contributed by atoms with Crippen LogP contribution in [0, 0.1) is 5.92 Å². The summed E-state index contributed by atoms with van der Waals surface area (Å²) in [5.74, 6) is -0.680. The van der Waals surface area contributed by atoms with Crippen LogP contribution < -0.4 is 10.6 Å². The van der Waals surface area contributed by atoms with Gasteiger partial charge in [0, 0.05) is 30.8 Å². The molecule has 0 saturated heterocycles. The first-order valence-corrected chi connectivity index (χ1v) is 8.23. The first-order chi connectivity index (χ1) is 11.9. The molecule has 25 heavy (non-hydrogen) atoms. The molecule has 3 rings (SSSR count). The van der Waals surface area contributed by atoms with E-state index < -0.39 is 5.91 Å². The van der Waals surface area contributed by atoms with Crippen molar-refractivity contribution in [1.82, 2.24) is 4.98 Å². The lowest BCUT2D eigenvalue weighted by atomic mass is 9.83. The van der Waals surface area contributed by atoms with E-state index >= 15 is 0 Å². The Balaban J connectivity index is 1.70. The van der Waals surface area contributed by atoms with Gasteiger partial charge >= 0.3 is 0 Å². The third-order valence-corrected chi connectivity index (χ3v) is 4.41. The second-order valence-electron chi connectivity index (χ2n) is 5.61. The van der Waals surface area contributed by atoms with Crippen molar-refractivity contribution in [2.45, 2.75) is 12.8 Å². The molecule has 1 aromatic carbocycles. The van der Waals surface area contributed by atoms with Crippen molar-refractivity contribution >= 4 is 52.3 Å². The number of benzene rings is 1. The largest absolute Gasteiger partial charge is 0.322 e. The Labute approximate surface area is 153 Å². The van der Waals surface area contributed by atoms with E-state index in [1.54, 1.807) is 24.3 Å². The number of pyridine rings is 1. The lowest BCUT2D eigenvalue weighted by Gasteiger charge is -2.22. The fourth-order valence-corrected chi connectivity index (χ4v) is 2.96. The topological polar surface area (TPSA) is 88.2 Å². The lowest BCUT2D eigenvalue weighted by Crippen LogP contribution is -2.34. The molecule has 8 heteroatoms. The minimum Gasteiger partial charge on any atom is -0.322 e. The van der Waals surface area contributed by atoms with Crippen molar-refractivity contribution in [2.75, 3.05) is 10.6 Å². The molecule has 1 heterocycles. The van der Waals surface area contributed by atoms with Gasteiger partial charge in [-0.25, -0.2) is 4.98 Å². The van der Waals surface area contributed by atoms with E-state index in [9.17, 15) is 14.4 Å². The number of carbonyl (C=O) groups excluding carboxylic acids is 3. The number of carbonyl (C=O) groups is 3. The molecule has 128 valence electrons. The van der Waals surface area contributed by atoms with Crippen LogP contribution in [0.25, 0.3) is 0 Å². The summed E-state index contributed by atoms with van der Waals surface area (Å²) in [6.07, 6.45) is 1.96. The van der Waals surface area contributed by atoms with Crippen LogP contribution >= 0.6 is 23.2 Å². The fourth-order valence-electron chi connectivity index (χ4n) is 2.39. The van der Waals surface area contributed by atoms with E-state index in [1.165, 1.54) is 12.3 Å². The van der Waals surface area contributed by atoms with Crippen LogP contribution in [0.5, 0.6) is 0 Å². The van der Waals surface area contributed by atoms with E-state index in [1.807, 2.05) is 0 Å². The van der Waals surface area contributed by atoms with Gasteiger partial charge in [-0.2, -0.15) is 0 Å². The summed E-state index contributed by atoms with van der Waals surface area (Å²) in [6.45, 7) is 0. The lowest BCUT2D eigenvalue weighted by molar-refractivity contribution is -0.135. The molecule has 2 N–H and O–H groups in total. The number of rotatable bonds is 4. The molecule has 0 unspecified atom stereocenters. The van der Waals surface area contributed by atoms with Crippen molar-refractivity contribution in [2.24, 2.45) is 5.92 Å². The molecule has 6 nitrogen and oxygen atoms in total. The van der Waals surface area contributed by atoms with Crippen LogP contribution in [-0.2, 0) is 9.59 Å². The van der Waals surface area contributed by atoms with Gasteiger partial charge < -0.3 is 10.6 Å². The highest BCUT2D eigenvalue weighted by Gasteiger charge is 2.32. The van der Waals surface area contributed by atoms with Crippen LogP contribution in [0.4, 0.5) is 11.5 Å². The van der Waals surface area contributed by atoms with Crippen molar-refractivity contribution < 1.29 is 14.4 Å². The third-order valence-electron chi connectivity index (χ3n) is 3.78. The monoisotopic (exact) mass is 377 g/mol. The normalized spacial score (nSPS) is 13.9. The van der Waals surface area contributed by atoms with Gasteiger partial charge in [-0.1, -0.05) is 29.3 Å². The number of aromatic nitrogens is 1. The Morgan fingerprint density at radius 2 is 1.76 bits per heavy atom. The number of ketones is 1. The fraction of sp³-hybridized carbons (Fsp3) is 0.176. The number of anilines is 2. The summed E-state index contributed by atoms with van der Waals surface area (Å²) in [5, 5.41) is 5.78. The molecule has 0 spiro atoms. The average molecular weight is 378 g/mol. The Hall–Kier alpha value is -2.44. The zero-order valence-electron chi connectivity index (χ0n) is 12.9. The van der Waals surface area contributed by atoms with Crippen molar-refractivity contribution in [3.63, 3.8) is 0 Å². The summed E-state index contributed by atoms with van der Waals surface area (Å²) >= 11 is 12.0. The Kier molecular flexibility index (Phi) is 5.01. The summed E-state index contributed by atoms with van der Waals surface area (Å²) in [7, 11) is 0. The highest BCUT2D eigenvalue weighted by atomic mass is 35.5. The summed E-state index contributed by atoms with van der Waals surface area (Å²) in [4.78, 5) is 39.3. The number of hydrogen-bond donors (Lipinski definition) is 2. The van der Waals surface area contributed by atoms with Crippen LogP contribution in [0.3, 0.4) is 0 Å². The molecular formula is C17H13Cl2N3O3. The van der Waals surface area contributed by atoms with Crippen molar-refractivity contribution in [3.8, 4) is 0 Å². The van der Waals surface area contributed by atoms with Gasteiger partial charge in [0.05, 0.1) is 21.5 Å². The second kappa shape index (κ2) is 7.21. The first kappa shape index (κ1) is 17.4. The van der Waals surface area contributed by atoms with Crippen molar-refractivity contribution in [3.05, 3.63) is 52.1 Å². The van der Waals surface area contributed by atoms with Gasteiger partial charge in [0.25, 0.3) is 5.91 Å². The Morgan fingerprint density at radius 3 is 2.40 bits per heavy atom. The zero-order chi connectivity index (χ0) is 18.0. The molecule has 0 bridgehead atoms. The Bertz CT molecular complexity index is 842. The summed E-state index contributed by atoms with van der Waals surface area (Å²) < 4.78 is 0. The number of hydrogen-bond acceptors (Lipinski definition) is 4. The maximum absolute atomic E-state index is 12.4. The van der Waals surface area contributed by atoms with Gasteiger partial charge in [-0.3, -0.25) is 14.4 Å².